The van der Waals surface area contributed by atoms with Crippen LogP contribution < -0.4 is 58.5 Å². The van der Waals surface area contributed by atoms with Gasteiger partial charge < -0.3 is 42.6 Å². The predicted octanol–water partition coefficient (Wildman–Crippen LogP) is 4.08. The number of ether oxygens (including phenoxy) is 9. The molecule has 0 saturated heterocycles. The van der Waals surface area contributed by atoms with E-state index in [1.807, 2.05) is 36.4 Å². The Morgan fingerprint density at radius 3 is 0.718 bits per heavy atom. The Balaban J connectivity index is 2.74. The van der Waals surface area contributed by atoms with Crippen LogP contribution in [-0.2, 0) is 0 Å². The molecule has 0 saturated carbocycles. The Bertz CT molecular complexity index is 1060. The Hall–Kier alpha value is -3.71. The highest BCUT2D eigenvalue weighted by Gasteiger charge is 2.56. The maximum Gasteiger partial charge on any atom is 0.188 e. The van der Waals surface area contributed by atoms with Crippen molar-refractivity contribution < 1.29 is 42.6 Å². The van der Waals surface area contributed by atoms with Crippen molar-refractivity contribution in [3.63, 3.8) is 0 Å². The highest BCUT2D eigenvalue weighted by Crippen LogP contribution is 2.66. The van der Waals surface area contributed by atoms with Gasteiger partial charge in [0.2, 0.25) is 0 Å². The lowest BCUT2D eigenvalue weighted by Gasteiger charge is -2.32. The second-order valence-electron chi connectivity index (χ2n) is 8.27. The van der Waals surface area contributed by atoms with Crippen molar-refractivity contribution in [2.75, 3.05) is 70.2 Å². The molecule has 0 aromatic heterocycles. The molecule has 0 fully saturated rings. The maximum absolute atomic E-state index is 6.02. The summed E-state index contributed by atoms with van der Waals surface area (Å²) in [6, 6.07) is 11.0. The Kier molecular flexibility index (Phi) is 9.86. The molecule has 3 aromatic carbocycles. The topological polar surface area (TPSA) is 83.1 Å². The van der Waals surface area contributed by atoms with E-state index in [1.54, 1.807) is 64.0 Å². The lowest BCUT2D eigenvalue weighted by molar-refractivity contribution is 0.378. The molecule has 0 N–H and O–H groups in total. The van der Waals surface area contributed by atoms with Crippen molar-refractivity contribution >= 4 is 23.2 Å². The molecule has 0 heterocycles. The van der Waals surface area contributed by atoms with E-state index in [9.17, 15) is 0 Å². The molecule has 0 aliphatic carbocycles. The number of methoxy groups -OCH3 is 9. The minimum Gasteiger partial charge on any atom is -0.496 e. The van der Waals surface area contributed by atoms with Crippen molar-refractivity contribution in [1.82, 2.24) is 0 Å². The molecule has 0 unspecified atom stereocenters. The fraction of sp³-hybridized carbons (Fsp3) is 0.379. The molecule has 3 rings (SSSR count). The smallest absolute Gasteiger partial charge is 0.188 e. The summed E-state index contributed by atoms with van der Waals surface area (Å²) >= 11 is 0. The summed E-state index contributed by atoms with van der Waals surface area (Å²) in [4.78, 5) is 0. The van der Waals surface area contributed by atoms with E-state index in [-0.39, 0.29) is 0 Å². The highest BCUT2D eigenvalue weighted by molar-refractivity contribution is 7.96. The van der Waals surface area contributed by atoms with Crippen LogP contribution in [0.1, 0.15) is 6.92 Å². The zero-order chi connectivity index (χ0) is 28.7. The van der Waals surface area contributed by atoms with Crippen LogP contribution in [0.3, 0.4) is 0 Å². The fourth-order valence-electron chi connectivity index (χ4n) is 4.90. The fourth-order valence-corrected chi connectivity index (χ4v) is 9.71. The molecule has 212 valence electrons. The monoisotopic (exact) mass is 561 g/mol. The molecule has 0 spiro atoms. The molecular formula is C29H38O9P+. The lowest BCUT2D eigenvalue weighted by Crippen LogP contribution is -2.37. The molecule has 0 radical (unpaired) electrons. The number of rotatable bonds is 13. The third kappa shape index (κ3) is 5.15. The molecule has 10 heteroatoms. The molecule has 0 atom stereocenters. The summed E-state index contributed by atoms with van der Waals surface area (Å²) in [5.74, 6) is 5.18. The van der Waals surface area contributed by atoms with Crippen LogP contribution in [0.15, 0.2) is 36.4 Å². The van der Waals surface area contributed by atoms with E-state index in [0.29, 0.717) is 57.9 Å². The number of hydrogen-bond donors (Lipinski definition) is 0. The second-order valence-corrected chi connectivity index (χ2v) is 11.9. The minimum absolute atomic E-state index is 0.571. The molecule has 0 aliphatic heterocycles. The van der Waals surface area contributed by atoms with Gasteiger partial charge in [-0.15, -0.1) is 0 Å². The largest absolute Gasteiger partial charge is 0.496 e. The van der Waals surface area contributed by atoms with Crippen molar-refractivity contribution in [1.29, 1.82) is 0 Å². The average molecular weight is 562 g/mol. The van der Waals surface area contributed by atoms with Crippen LogP contribution in [-0.4, -0.2) is 70.2 Å². The Labute approximate surface area is 231 Å². The van der Waals surface area contributed by atoms with Crippen LogP contribution >= 0.6 is 7.26 Å². The van der Waals surface area contributed by atoms with Gasteiger partial charge in [-0.25, -0.2) is 0 Å². The summed E-state index contributed by atoms with van der Waals surface area (Å²) in [5, 5.41) is 2.41. The first-order valence-electron chi connectivity index (χ1n) is 12.2. The zero-order valence-corrected chi connectivity index (χ0v) is 25.2. The average Bonchev–Trinajstić information content (AvgIpc) is 3.00. The van der Waals surface area contributed by atoms with Crippen LogP contribution in [0.5, 0.6) is 51.7 Å². The van der Waals surface area contributed by atoms with E-state index in [1.165, 1.54) is 0 Å². The van der Waals surface area contributed by atoms with Crippen LogP contribution in [0.2, 0.25) is 0 Å². The first-order valence-corrected chi connectivity index (χ1v) is 14.1. The van der Waals surface area contributed by atoms with Gasteiger partial charge in [-0.05, 0) is 6.92 Å². The maximum atomic E-state index is 6.02. The van der Waals surface area contributed by atoms with Gasteiger partial charge in [-0.2, -0.15) is 0 Å². The molecular weight excluding hydrogens is 523 g/mol. The summed E-state index contributed by atoms with van der Waals surface area (Å²) in [6.07, 6.45) is 0.587. The molecule has 0 aliphatic rings. The third-order valence-electron chi connectivity index (χ3n) is 6.69. The van der Waals surface area contributed by atoms with Crippen LogP contribution in [0.25, 0.3) is 0 Å². The third-order valence-corrected chi connectivity index (χ3v) is 11.2. The van der Waals surface area contributed by atoms with Crippen molar-refractivity contribution in [3.05, 3.63) is 36.4 Å². The van der Waals surface area contributed by atoms with Gasteiger partial charge >= 0.3 is 0 Å². The van der Waals surface area contributed by atoms with E-state index in [0.717, 1.165) is 15.9 Å². The Morgan fingerprint density at radius 2 is 0.590 bits per heavy atom. The summed E-state index contributed by atoms with van der Waals surface area (Å²) in [6.45, 7) is 2.10. The standard InChI is InChI=1S/C29H38O9P/c1-11-39(27-21(33-5)12-18(30-2)13-22(27)34-6,28-23(35-7)14-19(31-3)15-24(28)36-8)29-25(37-9)16-20(32-4)17-26(29)38-10/h12-17H,11H2,1-10H3/q+1. The summed E-state index contributed by atoms with van der Waals surface area (Å²) in [7, 11) is 11.6. The van der Waals surface area contributed by atoms with Gasteiger partial charge in [0.05, 0.1) is 70.2 Å². The van der Waals surface area contributed by atoms with E-state index in [4.69, 9.17) is 42.6 Å². The van der Waals surface area contributed by atoms with Crippen LogP contribution in [0, 0.1) is 0 Å². The molecule has 0 bridgehead atoms. The first kappa shape index (κ1) is 29.8. The van der Waals surface area contributed by atoms with Gasteiger partial charge in [0.25, 0.3) is 0 Å². The quantitative estimate of drug-likeness (QED) is 0.287. The minimum atomic E-state index is -2.87. The summed E-state index contributed by atoms with van der Waals surface area (Å²) in [5.41, 5.74) is 0. The molecule has 9 nitrogen and oxygen atoms in total. The lowest BCUT2D eigenvalue weighted by atomic mass is 10.3. The second kappa shape index (κ2) is 12.9. The number of benzene rings is 3. The van der Waals surface area contributed by atoms with Gasteiger partial charge in [-0.1, -0.05) is 0 Å². The van der Waals surface area contributed by atoms with Gasteiger partial charge in [0.1, 0.15) is 24.5 Å². The van der Waals surface area contributed by atoms with E-state index < -0.39 is 7.26 Å². The zero-order valence-electron chi connectivity index (χ0n) is 24.3. The van der Waals surface area contributed by atoms with Gasteiger partial charge in [-0.3, -0.25) is 0 Å². The normalized spacial score (nSPS) is 10.9. The SMILES string of the molecule is CC[P+](c1c(OC)cc(OC)cc1OC)(c1c(OC)cc(OC)cc1OC)c1c(OC)cc(OC)cc1OC. The highest BCUT2D eigenvalue weighted by atomic mass is 31.2. The van der Waals surface area contributed by atoms with Crippen molar-refractivity contribution in [3.8, 4) is 51.7 Å². The van der Waals surface area contributed by atoms with Crippen LogP contribution in [0.4, 0.5) is 0 Å². The number of hydrogen-bond acceptors (Lipinski definition) is 9. The first-order chi connectivity index (χ1) is 18.9. The Morgan fingerprint density at radius 1 is 0.385 bits per heavy atom. The molecule has 0 amide bonds. The van der Waals surface area contributed by atoms with Crippen molar-refractivity contribution in [2.45, 2.75) is 6.92 Å². The van der Waals surface area contributed by atoms with Gasteiger partial charge in [0, 0.05) is 36.4 Å². The molecule has 3 aromatic rings. The predicted molar refractivity (Wildman–Crippen MR) is 155 cm³/mol. The van der Waals surface area contributed by atoms with E-state index in [2.05, 4.69) is 6.92 Å². The van der Waals surface area contributed by atoms with Crippen molar-refractivity contribution in [2.24, 2.45) is 0 Å². The van der Waals surface area contributed by atoms with Gasteiger partial charge in [0.15, 0.2) is 50.4 Å². The van der Waals surface area contributed by atoms with E-state index >= 15 is 0 Å². The summed E-state index contributed by atoms with van der Waals surface area (Å²) < 4.78 is 52.8. The molecule has 39 heavy (non-hydrogen) atoms.